The summed E-state index contributed by atoms with van der Waals surface area (Å²) >= 11 is 0. The lowest BCUT2D eigenvalue weighted by Crippen LogP contribution is -2.39. The summed E-state index contributed by atoms with van der Waals surface area (Å²) < 4.78 is 32.6. The van der Waals surface area contributed by atoms with Crippen molar-refractivity contribution in [2.45, 2.75) is 31.9 Å². The highest BCUT2D eigenvalue weighted by molar-refractivity contribution is 5.24. The molecule has 0 aliphatic heterocycles. The second-order valence-corrected chi connectivity index (χ2v) is 4.57. The van der Waals surface area contributed by atoms with E-state index in [2.05, 4.69) is 5.43 Å². The average Bonchev–Trinajstić information content (AvgIpc) is 3.17. The van der Waals surface area contributed by atoms with Gasteiger partial charge >= 0.3 is 0 Å². The summed E-state index contributed by atoms with van der Waals surface area (Å²) in [6, 6.07) is 2.87. The highest BCUT2D eigenvalue weighted by atomic mass is 19.1. The molecular weight excluding hydrogens is 238 g/mol. The van der Waals surface area contributed by atoms with E-state index in [9.17, 15) is 8.78 Å². The lowest BCUT2D eigenvalue weighted by Gasteiger charge is -2.27. The normalized spacial score (nSPS) is 18.7. The van der Waals surface area contributed by atoms with Crippen LogP contribution >= 0.6 is 0 Å². The van der Waals surface area contributed by atoms with Crippen molar-refractivity contribution < 1.29 is 13.5 Å². The van der Waals surface area contributed by atoms with E-state index in [1.54, 1.807) is 0 Å². The zero-order valence-corrected chi connectivity index (χ0v) is 10.3. The molecular formula is C13H18F2N2O. The van der Waals surface area contributed by atoms with Crippen molar-refractivity contribution in [3.63, 3.8) is 0 Å². The Morgan fingerprint density at radius 3 is 2.72 bits per heavy atom. The van der Waals surface area contributed by atoms with Gasteiger partial charge in [0.05, 0.1) is 12.1 Å². The number of hydrazine groups is 1. The van der Waals surface area contributed by atoms with Gasteiger partial charge in [0.25, 0.3) is 0 Å². The summed E-state index contributed by atoms with van der Waals surface area (Å²) in [5.41, 5.74) is 2.79. The van der Waals surface area contributed by atoms with Gasteiger partial charge in [-0.05, 0) is 43.9 Å². The van der Waals surface area contributed by atoms with Gasteiger partial charge in [0.1, 0.15) is 11.6 Å². The summed E-state index contributed by atoms with van der Waals surface area (Å²) in [7, 11) is 0. The second kappa shape index (κ2) is 5.73. The van der Waals surface area contributed by atoms with Gasteiger partial charge in [-0.1, -0.05) is 0 Å². The van der Waals surface area contributed by atoms with Crippen LogP contribution in [-0.2, 0) is 4.74 Å². The third-order valence-corrected chi connectivity index (χ3v) is 3.25. The van der Waals surface area contributed by atoms with Gasteiger partial charge in [-0.25, -0.2) is 8.78 Å². The molecule has 3 nitrogen and oxygen atoms in total. The molecule has 2 rings (SSSR count). The van der Waals surface area contributed by atoms with Crippen molar-refractivity contribution in [2.75, 3.05) is 6.61 Å². The number of ether oxygens (including phenoxy) is 1. The minimum Gasteiger partial charge on any atom is -0.376 e. The first-order valence-electron chi connectivity index (χ1n) is 6.20. The highest BCUT2D eigenvalue weighted by Gasteiger charge is 2.38. The third-order valence-electron chi connectivity index (χ3n) is 3.25. The van der Waals surface area contributed by atoms with Crippen molar-refractivity contribution in [1.29, 1.82) is 0 Å². The van der Waals surface area contributed by atoms with E-state index in [0.29, 0.717) is 12.5 Å². The maximum atomic E-state index is 13.8. The van der Waals surface area contributed by atoms with Crippen LogP contribution in [0.25, 0.3) is 0 Å². The quantitative estimate of drug-likeness (QED) is 0.606. The summed E-state index contributed by atoms with van der Waals surface area (Å²) in [4.78, 5) is 0. The van der Waals surface area contributed by atoms with Crippen molar-refractivity contribution in [3.8, 4) is 0 Å². The SMILES string of the molecule is CCOC(C1CC1)C(NN)c1cc(F)ccc1F. The molecule has 1 fully saturated rings. The Morgan fingerprint density at radius 2 is 2.17 bits per heavy atom. The van der Waals surface area contributed by atoms with Crippen LogP contribution in [0, 0.1) is 17.6 Å². The van der Waals surface area contributed by atoms with Crippen LogP contribution in [0.4, 0.5) is 8.78 Å². The second-order valence-electron chi connectivity index (χ2n) is 4.57. The van der Waals surface area contributed by atoms with Crippen LogP contribution in [0.3, 0.4) is 0 Å². The molecule has 1 aromatic carbocycles. The lowest BCUT2D eigenvalue weighted by atomic mass is 9.98. The number of benzene rings is 1. The molecule has 0 aromatic heterocycles. The molecule has 1 aliphatic carbocycles. The van der Waals surface area contributed by atoms with Gasteiger partial charge in [-0.15, -0.1) is 0 Å². The first-order chi connectivity index (χ1) is 8.67. The molecule has 1 aromatic rings. The van der Waals surface area contributed by atoms with Gasteiger partial charge in [0.15, 0.2) is 0 Å². The highest BCUT2D eigenvalue weighted by Crippen LogP contribution is 2.40. The largest absolute Gasteiger partial charge is 0.376 e. The van der Waals surface area contributed by atoms with Crippen LogP contribution in [-0.4, -0.2) is 12.7 Å². The maximum absolute atomic E-state index is 13.8. The van der Waals surface area contributed by atoms with Crippen molar-refractivity contribution in [2.24, 2.45) is 11.8 Å². The standard InChI is InChI=1S/C13H18F2N2O/c1-2-18-13(8-3-4-8)12(17-16)10-7-9(14)5-6-11(10)15/h5-8,12-13,17H,2-4,16H2,1H3. The molecule has 0 saturated heterocycles. The zero-order chi connectivity index (χ0) is 13.1. The fraction of sp³-hybridized carbons (Fsp3) is 0.538. The van der Waals surface area contributed by atoms with Gasteiger partial charge in [-0.2, -0.15) is 0 Å². The van der Waals surface area contributed by atoms with E-state index in [0.717, 1.165) is 25.0 Å². The predicted octanol–water partition coefficient (Wildman–Crippen LogP) is 2.28. The molecule has 0 heterocycles. The molecule has 5 heteroatoms. The number of hydrogen-bond acceptors (Lipinski definition) is 3. The lowest BCUT2D eigenvalue weighted by molar-refractivity contribution is 0.0176. The molecule has 1 aliphatic rings. The Labute approximate surface area is 105 Å². The number of halogens is 2. The Balaban J connectivity index is 2.27. The molecule has 100 valence electrons. The van der Waals surface area contributed by atoms with E-state index >= 15 is 0 Å². The Kier molecular flexibility index (Phi) is 4.27. The number of nitrogens with one attached hydrogen (secondary N) is 1. The summed E-state index contributed by atoms with van der Waals surface area (Å²) in [5, 5.41) is 0. The number of hydrogen-bond donors (Lipinski definition) is 2. The molecule has 2 unspecified atom stereocenters. The molecule has 18 heavy (non-hydrogen) atoms. The first-order valence-corrected chi connectivity index (χ1v) is 6.20. The Morgan fingerprint density at radius 1 is 1.44 bits per heavy atom. The molecule has 0 spiro atoms. The van der Waals surface area contributed by atoms with Crippen LogP contribution in [0.5, 0.6) is 0 Å². The minimum atomic E-state index is -0.520. The molecule has 0 amide bonds. The predicted molar refractivity (Wildman–Crippen MR) is 64.6 cm³/mol. The van der Waals surface area contributed by atoms with Crippen molar-refractivity contribution in [1.82, 2.24) is 5.43 Å². The van der Waals surface area contributed by atoms with Crippen LogP contribution in [0.1, 0.15) is 31.4 Å². The monoisotopic (exact) mass is 256 g/mol. The molecule has 2 atom stereocenters. The van der Waals surface area contributed by atoms with Gasteiger partial charge < -0.3 is 4.74 Å². The smallest absolute Gasteiger partial charge is 0.128 e. The van der Waals surface area contributed by atoms with E-state index in [1.165, 1.54) is 6.07 Å². The zero-order valence-electron chi connectivity index (χ0n) is 10.3. The summed E-state index contributed by atoms with van der Waals surface area (Å²) in [5.74, 6) is 4.93. The van der Waals surface area contributed by atoms with E-state index in [4.69, 9.17) is 10.6 Å². The van der Waals surface area contributed by atoms with Crippen LogP contribution in [0.15, 0.2) is 18.2 Å². The van der Waals surface area contributed by atoms with Gasteiger partial charge in [0, 0.05) is 12.2 Å². The van der Waals surface area contributed by atoms with E-state index < -0.39 is 17.7 Å². The fourth-order valence-electron chi connectivity index (χ4n) is 2.24. The molecule has 0 bridgehead atoms. The topological polar surface area (TPSA) is 47.3 Å². The number of rotatable bonds is 6. The summed E-state index contributed by atoms with van der Waals surface area (Å²) in [6.07, 6.45) is 1.87. The number of nitrogens with two attached hydrogens (primary N) is 1. The molecule has 3 N–H and O–H groups in total. The first kappa shape index (κ1) is 13.4. The van der Waals surface area contributed by atoms with E-state index in [-0.39, 0.29) is 11.7 Å². The summed E-state index contributed by atoms with van der Waals surface area (Å²) in [6.45, 7) is 2.40. The van der Waals surface area contributed by atoms with Crippen LogP contribution in [0.2, 0.25) is 0 Å². The third kappa shape index (κ3) is 2.85. The van der Waals surface area contributed by atoms with Crippen LogP contribution < -0.4 is 11.3 Å². The molecule has 1 saturated carbocycles. The fourth-order valence-corrected chi connectivity index (χ4v) is 2.24. The van der Waals surface area contributed by atoms with Crippen molar-refractivity contribution in [3.05, 3.63) is 35.4 Å². The maximum Gasteiger partial charge on any atom is 0.128 e. The minimum absolute atomic E-state index is 0.212. The van der Waals surface area contributed by atoms with Crippen molar-refractivity contribution >= 4 is 0 Å². The van der Waals surface area contributed by atoms with E-state index in [1.807, 2.05) is 6.92 Å². The Bertz CT molecular complexity index is 410. The average molecular weight is 256 g/mol. The molecule has 0 radical (unpaired) electrons. The van der Waals surface area contributed by atoms with Gasteiger partial charge in [-0.3, -0.25) is 11.3 Å². The Hall–Kier alpha value is -1.04. The van der Waals surface area contributed by atoms with Gasteiger partial charge in [0.2, 0.25) is 0 Å².